The lowest BCUT2D eigenvalue weighted by molar-refractivity contribution is 0.288. The molecular formula is C23H31BN2O3. The molecule has 0 saturated heterocycles. The highest BCUT2D eigenvalue weighted by Crippen LogP contribution is 2.11. The van der Waals surface area contributed by atoms with Crippen LogP contribution in [0, 0.1) is 6.92 Å². The van der Waals surface area contributed by atoms with E-state index in [0.29, 0.717) is 5.75 Å². The molecule has 0 amide bonds. The molecule has 0 atom stereocenters. The summed E-state index contributed by atoms with van der Waals surface area (Å²) in [6, 6.07) is 27.5. The topological polar surface area (TPSA) is 56.2 Å². The summed E-state index contributed by atoms with van der Waals surface area (Å²) in [5.74, 6) is 0.450. The first-order valence-corrected chi connectivity index (χ1v) is 9.34. The number of para-hydroxylation sites is 2. The average Bonchev–Trinajstić information content (AvgIpc) is 2.72. The van der Waals surface area contributed by atoms with E-state index < -0.39 is 7.32 Å². The second-order valence-corrected chi connectivity index (χ2v) is 6.72. The minimum Gasteiger partial charge on any atom is -0.512 e. The Labute approximate surface area is 175 Å². The van der Waals surface area contributed by atoms with E-state index in [1.807, 2.05) is 83.6 Å². The zero-order chi connectivity index (χ0) is 21.6. The molecule has 0 spiro atoms. The first kappa shape index (κ1) is 24.1. The van der Waals surface area contributed by atoms with Crippen LogP contribution in [0.1, 0.15) is 5.56 Å². The first-order valence-electron chi connectivity index (χ1n) is 9.34. The van der Waals surface area contributed by atoms with E-state index in [-0.39, 0.29) is 0 Å². The van der Waals surface area contributed by atoms with Crippen molar-refractivity contribution in [1.29, 1.82) is 0 Å². The van der Waals surface area contributed by atoms with Gasteiger partial charge < -0.3 is 24.5 Å². The summed E-state index contributed by atoms with van der Waals surface area (Å²) in [6.07, 6.45) is 0. The lowest BCUT2D eigenvalue weighted by atomic mass is 10.2. The van der Waals surface area contributed by atoms with Crippen molar-refractivity contribution in [3.8, 4) is 5.75 Å². The number of hydrogen-bond acceptors (Lipinski definition) is 5. The monoisotopic (exact) mass is 394 g/mol. The zero-order valence-electron chi connectivity index (χ0n) is 17.9. The van der Waals surface area contributed by atoms with Gasteiger partial charge in [0.15, 0.2) is 0 Å². The van der Waals surface area contributed by atoms with E-state index in [9.17, 15) is 0 Å². The van der Waals surface area contributed by atoms with Crippen molar-refractivity contribution in [2.75, 3.05) is 38.0 Å². The van der Waals surface area contributed by atoms with Crippen LogP contribution in [0.2, 0.25) is 0 Å². The maximum atomic E-state index is 8.41. The van der Waals surface area contributed by atoms with Crippen LogP contribution in [0.3, 0.4) is 0 Å². The Morgan fingerprint density at radius 1 is 0.621 bits per heavy atom. The Bertz CT molecular complexity index is 737. The molecule has 0 saturated carbocycles. The molecule has 154 valence electrons. The van der Waals surface area contributed by atoms with E-state index >= 15 is 0 Å². The molecule has 3 aromatic carbocycles. The van der Waals surface area contributed by atoms with Crippen LogP contribution in [-0.2, 0) is 0 Å². The summed E-state index contributed by atoms with van der Waals surface area (Å²) in [6.45, 7) is 1.94. The number of aryl methyl sites for hydroxylation is 1. The standard InChI is InChI=1S/2C8H11N.C7H9BO3/c2*1-9(2)8-6-4-3-5-7-8;1-6-2-4-7(5-3-6)11-8(9)10/h2*3-7H,1-2H3;2-5,9-10H,1H3. The van der Waals surface area contributed by atoms with Crippen LogP contribution >= 0.6 is 0 Å². The Hall–Kier alpha value is -2.96. The van der Waals surface area contributed by atoms with Crippen molar-refractivity contribution in [1.82, 2.24) is 0 Å². The Morgan fingerprint density at radius 3 is 1.28 bits per heavy atom. The molecule has 3 rings (SSSR count). The fourth-order valence-electron chi connectivity index (χ4n) is 2.19. The number of rotatable bonds is 4. The van der Waals surface area contributed by atoms with E-state index in [1.165, 1.54) is 11.4 Å². The summed E-state index contributed by atoms with van der Waals surface area (Å²) in [5.41, 5.74) is 3.60. The number of anilines is 2. The van der Waals surface area contributed by atoms with E-state index in [1.54, 1.807) is 12.1 Å². The van der Waals surface area contributed by atoms with Gasteiger partial charge >= 0.3 is 7.32 Å². The summed E-state index contributed by atoms with van der Waals surface area (Å²) >= 11 is 0. The minimum absolute atomic E-state index is 0.450. The van der Waals surface area contributed by atoms with Gasteiger partial charge in [0.1, 0.15) is 5.75 Å². The maximum Gasteiger partial charge on any atom is 0.707 e. The van der Waals surface area contributed by atoms with Gasteiger partial charge in [-0.25, -0.2) is 0 Å². The molecule has 5 nitrogen and oxygen atoms in total. The highest BCUT2D eigenvalue weighted by molar-refractivity contribution is 6.33. The van der Waals surface area contributed by atoms with Crippen molar-refractivity contribution in [2.24, 2.45) is 0 Å². The van der Waals surface area contributed by atoms with E-state index in [0.717, 1.165) is 5.56 Å². The Morgan fingerprint density at radius 2 is 1.00 bits per heavy atom. The fraction of sp³-hybridized carbons (Fsp3) is 0.217. The second kappa shape index (κ2) is 13.3. The highest BCUT2D eigenvalue weighted by Gasteiger charge is 2.09. The molecular weight excluding hydrogens is 363 g/mol. The molecule has 0 radical (unpaired) electrons. The zero-order valence-corrected chi connectivity index (χ0v) is 17.9. The lowest BCUT2D eigenvalue weighted by Gasteiger charge is -2.10. The van der Waals surface area contributed by atoms with Crippen molar-refractivity contribution < 1.29 is 14.7 Å². The smallest absolute Gasteiger partial charge is 0.512 e. The van der Waals surface area contributed by atoms with Crippen LogP contribution in [0.25, 0.3) is 0 Å². The fourth-order valence-corrected chi connectivity index (χ4v) is 2.19. The van der Waals surface area contributed by atoms with Crippen molar-refractivity contribution >= 4 is 18.7 Å². The second-order valence-electron chi connectivity index (χ2n) is 6.72. The van der Waals surface area contributed by atoms with Gasteiger partial charge in [0.25, 0.3) is 0 Å². The van der Waals surface area contributed by atoms with Crippen LogP contribution in [0.4, 0.5) is 11.4 Å². The van der Waals surface area contributed by atoms with Crippen LogP contribution < -0.4 is 14.5 Å². The van der Waals surface area contributed by atoms with Gasteiger partial charge in [-0.3, -0.25) is 0 Å². The number of hydrogen-bond donors (Lipinski definition) is 2. The molecule has 0 aliphatic carbocycles. The molecule has 0 heterocycles. The third-order valence-corrected chi connectivity index (χ3v) is 3.81. The minimum atomic E-state index is -1.74. The molecule has 2 N–H and O–H groups in total. The third kappa shape index (κ3) is 10.8. The van der Waals surface area contributed by atoms with Crippen LogP contribution in [0.15, 0.2) is 84.9 Å². The summed E-state index contributed by atoms with van der Waals surface area (Å²) in [5, 5.41) is 16.8. The molecule has 0 aliphatic heterocycles. The molecule has 0 fully saturated rings. The number of benzene rings is 3. The first-order chi connectivity index (χ1) is 13.8. The normalized spacial score (nSPS) is 9.21. The van der Waals surface area contributed by atoms with Crippen molar-refractivity contribution in [3.05, 3.63) is 90.5 Å². The highest BCUT2D eigenvalue weighted by atomic mass is 16.6. The van der Waals surface area contributed by atoms with Gasteiger partial charge in [-0.05, 0) is 43.3 Å². The van der Waals surface area contributed by atoms with E-state index in [2.05, 4.69) is 38.7 Å². The van der Waals surface area contributed by atoms with Gasteiger partial charge in [-0.2, -0.15) is 0 Å². The largest absolute Gasteiger partial charge is 0.707 e. The number of nitrogens with zero attached hydrogens (tertiary/aromatic N) is 2. The summed E-state index contributed by atoms with van der Waals surface area (Å²) in [7, 11) is 6.41. The molecule has 3 aromatic rings. The quantitative estimate of drug-likeness (QED) is 0.659. The molecule has 0 bridgehead atoms. The van der Waals surface area contributed by atoms with Gasteiger partial charge in [-0.15, -0.1) is 0 Å². The van der Waals surface area contributed by atoms with Crippen LogP contribution in [-0.4, -0.2) is 45.6 Å². The predicted molar refractivity (Wildman–Crippen MR) is 124 cm³/mol. The molecule has 0 aromatic heterocycles. The molecule has 29 heavy (non-hydrogen) atoms. The predicted octanol–water partition coefficient (Wildman–Crippen LogP) is 3.85. The third-order valence-electron chi connectivity index (χ3n) is 3.81. The molecule has 0 unspecified atom stereocenters. The van der Waals surface area contributed by atoms with E-state index in [4.69, 9.17) is 10.0 Å². The van der Waals surface area contributed by atoms with Gasteiger partial charge in [0, 0.05) is 39.6 Å². The summed E-state index contributed by atoms with van der Waals surface area (Å²) < 4.78 is 4.58. The van der Waals surface area contributed by atoms with Gasteiger partial charge in [0.2, 0.25) is 0 Å². The SMILES string of the molecule is CN(C)c1ccccc1.CN(C)c1ccccc1.Cc1ccc(OB(O)O)cc1. The van der Waals surface area contributed by atoms with Gasteiger partial charge in [0.05, 0.1) is 0 Å². The van der Waals surface area contributed by atoms with Gasteiger partial charge in [-0.1, -0.05) is 54.1 Å². The average molecular weight is 394 g/mol. The summed E-state index contributed by atoms with van der Waals surface area (Å²) in [4.78, 5) is 4.17. The maximum absolute atomic E-state index is 8.41. The molecule has 0 aliphatic rings. The Balaban J connectivity index is 0.000000219. The van der Waals surface area contributed by atoms with Crippen molar-refractivity contribution in [3.63, 3.8) is 0 Å². The molecule has 6 heteroatoms. The Kier molecular flexibility index (Phi) is 11.0. The lowest BCUT2D eigenvalue weighted by Crippen LogP contribution is -2.20. The van der Waals surface area contributed by atoms with Crippen molar-refractivity contribution in [2.45, 2.75) is 6.92 Å². The van der Waals surface area contributed by atoms with Crippen LogP contribution in [0.5, 0.6) is 5.75 Å².